The molecule has 0 aliphatic carbocycles. The minimum absolute atomic E-state index is 0.0267. The van der Waals surface area contributed by atoms with Gasteiger partial charge in [-0.25, -0.2) is 4.98 Å². The lowest BCUT2D eigenvalue weighted by atomic mass is 9.82. The molecule has 1 aromatic rings. The Morgan fingerprint density at radius 3 is 2.25 bits per heavy atom. The molecule has 4 nitrogen and oxygen atoms in total. The molecule has 114 valence electrons. The van der Waals surface area contributed by atoms with Crippen molar-refractivity contribution in [2.45, 2.75) is 66.8 Å². The topological polar surface area (TPSA) is 47.0 Å². The van der Waals surface area contributed by atoms with Crippen molar-refractivity contribution < 1.29 is 4.74 Å². The minimum Gasteiger partial charge on any atom is -0.478 e. The molecule has 1 rings (SSSR count). The van der Waals surface area contributed by atoms with Crippen LogP contribution in [0.15, 0.2) is 6.07 Å². The fourth-order valence-electron chi connectivity index (χ4n) is 2.63. The molecule has 1 heterocycles. The first-order chi connectivity index (χ1) is 9.15. The number of nitrogens with zero attached hydrogens (tertiary/aromatic N) is 2. The summed E-state index contributed by atoms with van der Waals surface area (Å²) in [7, 11) is 0. The average Bonchev–Trinajstić information content (AvgIpc) is 2.24. The van der Waals surface area contributed by atoms with Gasteiger partial charge in [0, 0.05) is 18.0 Å². The van der Waals surface area contributed by atoms with Gasteiger partial charge in [0.1, 0.15) is 11.6 Å². The maximum atomic E-state index is 5.51. The molecule has 1 N–H and O–H groups in total. The lowest BCUT2D eigenvalue weighted by molar-refractivity contribution is 0.301. The maximum Gasteiger partial charge on any atom is 0.218 e. The summed E-state index contributed by atoms with van der Waals surface area (Å²) in [6.45, 7) is 15.8. The average molecular weight is 279 g/mol. The van der Waals surface area contributed by atoms with Crippen molar-refractivity contribution in [3.05, 3.63) is 11.9 Å². The third-order valence-corrected chi connectivity index (χ3v) is 2.80. The van der Waals surface area contributed by atoms with Gasteiger partial charge >= 0.3 is 0 Å². The fraction of sp³-hybridized carbons (Fsp3) is 0.750. The van der Waals surface area contributed by atoms with Gasteiger partial charge in [0.05, 0.1) is 6.61 Å². The van der Waals surface area contributed by atoms with Gasteiger partial charge in [-0.15, -0.1) is 0 Å². The number of anilines is 1. The van der Waals surface area contributed by atoms with Crippen LogP contribution in [0.25, 0.3) is 0 Å². The van der Waals surface area contributed by atoms with Crippen molar-refractivity contribution in [1.29, 1.82) is 0 Å². The monoisotopic (exact) mass is 279 g/mol. The quantitative estimate of drug-likeness (QED) is 0.853. The molecular formula is C16H29N3O. The van der Waals surface area contributed by atoms with Gasteiger partial charge in [-0.05, 0) is 32.6 Å². The minimum atomic E-state index is -0.0267. The summed E-state index contributed by atoms with van der Waals surface area (Å²) in [6.07, 6.45) is 1.85. The summed E-state index contributed by atoms with van der Waals surface area (Å²) in [5, 5.41) is 3.52. The molecule has 0 bridgehead atoms. The highest BCUT2D eigenvalue weighted by atomic mass is 16.5. The van der Waals surface area contributed by atoms with Gasteiger partial charge in [0.25, 0.3) is 0 Å². The highest BCUT2D eigenvalue weighted by Crippen LogP contribution is 2.29. The number of rotatable bonds is 6. The Kier molecular flexibility index (Phi) is 5.37. The zero-order chi connectivity index (χ0) is 15.4. The van der Waals surface area contributed by atoms with E-state index in [1.165, 1.54) is 0 Å². The summed E-state index contributed by atoms with van der Waals surface area (Å²) >= 11 is 0. The van der Waals surface area contributed by atoms with Crippen molar-refractivity contribution in [1.82, 2.24) is 9.97 Å². The van der Waals surface area contributed by atoms with Crippen LogP contribution in [0, 0.1) is 5.41 Å². The van der Waals surface area contributed by atoms with Gasteiger partial charge in [0.15, 0.2) is 0 Å². The summed E-state index contributed by atoms with van der Waals surface area (Å²) in [5.74, 6) is 2.30. The Balaban J connectivity index is 2.92. The molecule has 0 amide bonds. The predicted octanol–water partition coefficient (Wildman–Crippen LogP) is 4.06. The number of aromatic nitrogens is 2. The summed E-state index contributed by atoms with van der Waals surface area (Å²) in [5.41, 5.74) is 0.237. The first-order valence-corrected chi connectivity index (χ1v) is 7.44. The third-order valence-electron chi connectivity index (χ3n) is 2.80. The number of nitrogens with one attached hydrogen (secondary N) is 1. The van der Waals surface area contributed by atoms with Crippen LogP contribution in [-0.2, 0) is 6.42 Å². The zero-order valence-corrected chi connectivity index (χ0v) is 14.0. The van der Waals surface area contributed by atoms with E-state index < -0.39 is 0 Å². The second-order valence-electron chi connectivity index (χ2n) is 7.04. The molecule has 0 atom stereocenters. The van der Waals surface area contributed by atoms with Crippen molar-refractivity contribution in [3.8, 4) is 5.88 Å². The Bertz CT molecular complexity index is 436. The highest BCUT2D eigenvalue weighted by molar-refractivity contribution is 5.41. The van der Waals surface area contributed by atoms with Crippen LogP contribution in [-0.4, -0.2) is 22.1 Å². The first-order valence-electron chi connectivity index (χ1n) is 7.44. The molecule has 0 unspecified atom stereocenters. The van der Waals surface area contributed by atoms with Crippen molar-refractivity contribution in [2.75, 3.05) is 11.9 Å². The van der Waals surface area contributed by atoms with Crippen molar-refractivity contribution in [2.24, 2.45) is 5.41 Å². The van der Waals surface area contributed by atoms with Crippen LogP contribution >= 0.6 is 0 Å². The van der Waals surface area contributed by atoms with Gasteiger partial charge in [-0.2, -0.15) is 4.98 Å². The molecule has 0 saturated heterocycles. The molecular weight excluding hydrogens is 250 g/mol. The summed E-state index contributed by atoms with van der Waals surface area (Å²) in [4.78, 5) is 8.92. The summed E-state index contributed by atoms with van der Waals surface area (Å²) in [6, 6.07) is 1.88. The molecule has 0 spiro atoms. The number of hydrogen-bond donors (Lipinski definition) is 1. The van der Waals surface area contributed by atoms with Gasteiger partial charge in [0.2, 0.25) is 5.88 Å². The van der Waals surface area contributed by atoms with E-state index in [1.807, 2.05) is 13.0 Å². The van der Waals surface area contributed by atoms with Gasteiger partial charge < -0.3 is 10.1 Å². The van der Waals surface area contributed by atoms with E-state index >= 15 is 0 Å². The van der Waals surface area contributed by atoms with E-state index in [-0.39, 0.29) is 11.0 Å². The van der Waals surface area contributed by atoms with E-state index in [1.54, 1.807) is 0 Å². The van der Waals surface area contributed by atoms with Crippen molar-refractivity contribution in [3.63, 3.8) is 0 Å². The van der Waals surface area contributed by atoms with Crippen LogP contribution in [0.1, 0.15) is 60.7 Å². The molecule has 20 heavy (non-hydrogen) atoms. The molecule has 0 aliphatic heterocycles. The van der Waals surface area contributed by atoms with E-state index in [0.717, 1.165) is 24.5 Å². The number of hydrogen-bond acceptors (Lipinski definition) is 4. The van der Waals surface area contributed by atoms with E-state index in [4.69, 9.17) is 4.74 Å². The van der Waals surface area contributed by atoms with Crippen LogP contribution < -0.4 is 10.1 Å². The lowest BCUT2D eigenvalue weighted by Gasteiger charge is -2.33. The van der Waals surface area contributed by atoms with Crippen molar-refractivity contribution >= 4 is 5.82 Å². The SMILES string of the molecule is CCOc1cc(NC(C)(C)CC(C)(C)C)nc(CC)n1. The second kappa shape index (κ2) is 6.42. The standard InChI is InChI=1S/C16H29N3O/c1-8-12-17-13(10-14(18-12)20-9-2)19-16(6,7)11-15(3,4)5/h10H,8-9,11H2,1-7H3,(H,17,18,19). The molecule has 0 aliphatic rings. The Hall–Kier alpha value is -1.32. The Morgan fingerprint density at radius 1 is 1.10 bits per heavy atom. The van der Waals surface area contributed by atoms with E-state index in [2.05, 4.69) is 56.8 Å². The molecule has 0 fully saturated rings. The molecule has 4 heteroatoms. The molecule has 0 saturated carbocycles. The smallest absolute Gasteiger partial charge is 0.218 e. The normalized spacial score (nSPS) is 12.3. The number of aryl methyl sites for hydroxylation is 1. The summed E-state index contributed by atoms with van der Waals surface area (Å²) < 4.78 is 5.51. The number of ether oxygens (including phenoxy) is 1. The Labute approximate surface area is 123 Å². The predicted molar refractivity (Wildman–Crippen MR) is 84.4 cm³/mol. The highest BCUT2D eigenvalue weighted by Gasteiger charge is 2.26. The fourth-order valence-corrected chi connectivity index (χ4v) is 2.63. The zero-order valence-electron chi connectivity index (χ0n) is 14.0. The van der Waals surface area contributed by atoms with Gasteiger partial charge in [-0.1, -0.05) is 27.7 Å². The van der Waals surface area contributed by atoms with Crippen LogP contribution in [0.3, 0.4) is 0 Å². The Morgan fingerprint density at radius 2 is 1.75 bits per heavy atom. The largest absolute Gasteiger partial charge is 0.478 e. The third kappa shape index (κ3) is 5.76. The second-order valence-corrected chi connectivity index (χ2v) is 7.04. The molecule has 1 aromatic heterocycles. The van der Waals surface area contributed by atoms with Crippen LogP contribution in [0.2, 0.25) is 0 Å². The van der Waals surface area contributed by atoms with E-state index in [9.17, 15) is 0 Å². The lowest BCUT2D eigenvalue weighted by Crippen LogP contribution is -2.35. The first kappa shape index (κ1) is 16.7. The van der Waals surface area contributed by atoms with Crippen LogP contribution in [0.5, 0.6) is 5.88 Å². The molecule has 0 radical (unpaired) electrons. The van der Waals surface area contributed by atoms with Gasteiger partial charge in [-0.3, -0.25) is 0 Å². The van der Waals surface area contributed by atoms with Crippen LogP contribution in [0.4, 0.5) is 5.82 Å². The van der Waals surface area contributed by atoms with E-state index in [0.29, 0.717) is 12.5 Å². The maximum absolute atomic E-state index is 5.51. The molecule has 0 aromatic carbocycles.